The summed E-state index contributed by atoms with van der Waals surface area (Å²) in [5.74, 6) is 0.237. The predicted octanol–water partition coefficient (Wildman–Crippen LogP) is 3.49. The van der Waals surface area contributed by atoms with Crippen molar-refractivity contribution in [1.82, 2.24) is 4.98 Å². The van der Waals surface area contributed by atoms with Crippen LogP contribution in [0.4, 0.5) is 0 Å². The molecule has 0 unspecified atom stereocenters. The molecule has 0 fully saturated rings. The number of aryl methyl sites for hydroxylation is 1. The molecule has 0 saturated carbocycles. The number of fused-ring (bicyclic) bond motifs is 2. The normalized spacial score (nSPS) is 13.2. The van der Waals surface area contributed by atoms with Crippen LogP contribution >= 0.6 is 11.3 Å². The topological polar surface area (TPSA) is 60.2 Å². The van der Waals surface area contributed by atoms with Crippen LogP contribution in [-0.2, 0) is 0 Å². The van der Waals surface area contributed by atoms with Gasteiger partial charge in [0.25, 0.3) is 0 Å². The molecule has 0 aliphatic heterocycles. The van der Waals surface area contributed by atoms with E-state index in [2.05, 4.69) is 4.98 Å². The fourth-order valence-corrected chi connectivity index (χ4v) is 3.51. The number of hydrogen-bond donors (Lipinski definition) is 0. The van der Waals surface area contributed by atoms with Crippen LogP contribution in [0.25, 0.3) is 10.8 Å². The molecule has 0 radical (unpaired) electrons. The lowest BCUT2D eigenvalue weighted by Crippen LogP contribution is -2.20. The van der Waals surface area contributed by atoms with Crippen LogP contribution in [0.5, 0.6) is 0 Å². The minimum Gasteiger partial charge on any atom is -0.462 e. The molecule has 0 bridgehead atoms. The molecule has 1 aliphatic carbocycles. The van der Waals surface area contributed by atoms with Crippen LogP contribution < -0.4 is 0 Å². The summed E-state index contributed by atoms with van der Waals surface area (Å²) < 4.78 is 5.29. The summed E-state index contributed by atoms with van der Waals surface area (Å²) in [6, 6.07) is 8.81. The van der Waals surface area contributed by atoms with E-state index in [0.717, 1.165) is 5.56 Å². The molecule has 0 saturated heterocycles. The van der Waals surface area contributed by atoms with Crippen LogP contribution in [0.3, 0.4) is 0 Å². The summed E-state index contributed by atoms with van der Waals surface area (Å²) in [5.41, 5.74) is 1.97. The Hall–Kier alpha value is -2.53. The van der Waals surface area contributed by atoms with Crippen LogP contribution in [0.2, 0.25) is 0 Å². The number of carbonyl (C=O) groups is 2. The van der Waals surface area contributed by atoms with Crippen molar-refractivity contribution in [1.29, 1.82) is 0 Å². The number of hydrogen-bond acceptors (Lipinski definition) is 5. The third-order valence-corrected chi connectivity index (χ3v) is 4.59. The molecular formula is C16H9NO3S. The molecular weight excluding hydrogens is 286 g/mol. The van der Waals surface area contributed by atoms with E-state index in [4.69, 9.17) is 4.42 Å². The molecule has 4 nitrogen and oxygen atoms in total. The second-order valence-electron chi connectivity index (χ2n) is 4.83. The first-order chi connectivity index (χ1) is 10.2. The Bertz CT molecular complexity index is 890. The van der Waals surface area contributed by atoms with Gasteiger partial charge in [0.05, 0.1) is 6.26 Å². The zero-order valence-electron chi connectivity index (χ0n) is 11.0. The monoisotopic (exact) mass is 295 g/mol. The molecule has 102 valence electrons. The Kier molecular flexibility index (Phi) is 2.46. The molecule has 1 aliphatic rings. The van der Waals surface area contributed by atoms with Crippen molar-refractivity contribution < 1.29 is 14.0 Å². The highest BCUT2D eigenvalue weighted by Gasteiger charge is 2.34. The maximum absolute atomic E-state index is 12.6. The number of rotatable bonds is 1. The van der Waals surface area contributed by atoms with Gasteiger partial charge in [-0.15, -0.1) is 11.3 Å². The summed E-state index contributed by atoms with van der Waals surface area (Å²) in [4.78, 5) is 29.9. The van der Waals surface area contributed by atoms with E-state index >= 15 is 0 Å². The minimum absolute atomic E-state index is 0.131. The van der Waals surface area contributed by atoms with Gasteiger partial charge < -0.3 is 4.42 Å². The standard InChI is InChI=1S/C16H9NO3S/c1-8-4-2-5-9-11(8)14(19)15-12(13(9)18)17-16(21-15)10-6-3-7-20-10/h2-7H,1H3. The Morgan fingerprint density at radius 1 is 1.10 bits per heavy atom. The number of furan rings is 1. The van der Waals surface area contributed by atoms with E-state index in [1.54, 1.807) is 24.3 Å². The average molecular weight is 295 g/mol. The van der Waals surface area contributed by atoms with E-state index in [0.29, 0.717) is 26.8 Å². The van der Waals surface area contributed by atoms with Gasteiger partial charge in [-0.25, -0.2) is 4.98 Å². The number of nitrogens with zero attached hydrogens (tertiary/aromatic N) is 1. The maximum atomic E-state index is 12.6. The summed E-state index contributed by atoms with van der Waals surface area (Å²) in [7, 11) is 0. The first-order valence-corrected chi connectivity index (χ1v) is 7.22. The number of benzene rings is 1. The molecule has 5 heteroatoms. The van der Waals surface area contributed by atoms with Crippen molar-refractivity contribution in [3.63, 3.8) is 0 Å². The van der Waals surface area contributed by atoms with E-state index in [-0.39, 0.29) is 17.3 Å². The number of thiazole rings is 1. The van der Waals surface area contributed by atoms with Crippen molar-refractivity contribution in [2.45, 2.75) is 6.92 Å². The van der Waals surface area contributed by atoms with E-state index in [1.165, 1.54) is 17.6 Å². The molecule has 0 atom stereocenters. The highest BCUT2D eigenvalue weighted by Crippen LogP contribution is 2.36. The van der Waals surface area contributed by atoms with Crippen LogP contribution in [0, 0.1) is 6.92 Å². The third-order valence-electron chi connectivity index (χ3n) is 3.52. The second-order valence-corrected chi connectivity index (χ2v) is 5.83. The zero-order valence-corrected chi connectivity index (χ0v) is 11.9. The molecule has 3 aromatic rings. The number of carbonyl (C=O) groups excluding carboxylic acids is 2. The van der Waals surface area contributed by atoms with Crippen molar-refractivity contribution in [3.05, 3.63) is 63.9 Å². The highest BCUT2D eigenvalue weighted by molar-refractivity contribution is 7.17. The van der Waals surface area contributed by atoms with E-state index < -0.39 is 0 Å². The van der Waals surface area contributed by atoms with Gasteiger partial charge in [0.2, 0.25) is 11.6 Å². The number of ketones is 2. The maximum Gasteiger partial charge on any atom is 0.213 e. The molecule has 21 heavy (non-hydrogen) atoms. The van der Waals surface area contributed by atoms with Gasteiger partial charge in [0, 0.05) is 11.1 Å². The van der Waals surface area contributed by atoms with E-state index in [1.807, 2.05) is 13.0 Å². The summed E-state index contributed by atoms with van der Waals surface area (Å²) in [5, 5.41) is 0.553. The van der Waals surface area contributed by atoms with Crippen molar-refractivity contribution in [3.8, 4) is 10.8 Å². The molecule has 2 aromatic heterocycles. The van der Waals surface area contributed by atoms with Gasteiger partial charge in [0.15, 0.2) is 10.8 Å². The second kappa shape index (κ2) is 4.23. The Morgan fingerprint density at radius 3 is 2.71 bits per heavy atom. The summed E-state index contributed by atoms with van der Waals surface area (Å²) in [6.45, 7) is 1.84. The fraction of sp³-hybridized carbons (Fsp3) is 0.0625. The van der Waals surface area contributed by atoms with Crippen molar-refractivity contribution in [2.75, 3.05) is 0 Å². The fourth-order valence-electron chi connectivity index (χ4n) is 2.53. The Labute approximate surface area is 124 Å². The minimum atomic E-state index is -0.197. The largest absolute Gasteiger partial charge is 0.462 e. The van der Waals surface area contributed by atoms with Gasteiger partial charge >= 0.3 is 0 Å². The van der Waals surface area contributed by atoms with Gasteiger partial charge in [-0.3, -0.25) is 9.59 Å². The zero-order chi connectivity index (χ0) is 14.6. The van der Waals surface area contributed by atoms with Crippen molar-refractivity contribution >= 4 is 22.9 Å². The lowest BCUT2D eigenvalue weighted by atomic mass is 9.88. The quantitative estimate of drug-likeness (QED) is 0.539. The Balaban J connectivity index is 1.96. The number of aromatic nitrogens is 1. The first kappa shape index (κ1) is 12.2. The van der Waals surface area contributed by atoms with Crippen LogP contribution in [0.15, 0.2) is 41.0 Å². The smallest absolute Gasteiger partial charge is 0.213 e. The van der Waals surface area contributed by atoms with Crippen molar-refractivity contribution in [2.24, 2.45) is 0 Å². The highest BCUT2D eigenvalue weighted by atomic mass is 32.1. The van der Waals surface area contributed by atoms with Gasteiger partial charge in [0.1, 0.15) is 10.6 Å². The molecule has 0 amide bonds. The van der Waals surface area contributed by atoms with Gasteiger partial charge in [-0.05, 0) is 24.6 Å². The average Bonchev–Trinajstić information content (AvgIpc) is 3.13. The third kappa shape index (κ3) is 1.64. The molecule has 0 N–H and O–H groups in total. The van der Waals surface area contributed by atoms with Gasteiger partial charge in [-0.1, -0.05) is 18.2 Å². The Morgan fingerprint density at radius 2 is 1.95 bits per heavy atom. The molecule has 1 aromatic carbocycles. The lowest BCUT2D eigenvalue weighted by Gasteiger charge is -2.14. The first-order valence-electron chi connectivity index (χ1n) is 6.40. The summed E-state index contributed by atoms with van der Waals surface area (Å²) in [6.07, 6.45) is 1.54. The summed E-state index contributed by atoms with van der Waals surface area (Å²) >= 11 is 1.20. The lowest BCUT2D eigenvalue weighted by molar-refractivity contribution is 0.0978. The predicted molar refractivity (Wildman–Crippen MR) is 77.9 cm³/mol. The molecule has 2 heterocycles. The van der Waals surface area contributed by atoms with Crippen LogP contribution in [-0.4, -0.2) is 16.6 Å². The van der Waals surface area contributed by atoms with Crippen LogP contribution in [0.1, 0.15) is 36.9 Å². The SMILES string of the molecule is Cc1cccc2c1C(=O)c1sc(-c3ccco3)nc1C2=O. The molecule has 4 rings (SSSR count). The van der Waals surface area contributed by atoms with E-state index in [9.17, 15) is 9.59 Å². The molecule has 0 spiro atoms. The van der Waals surface area contributed by atoms with Gasteiger partial charge in [-0.2, -0.15) is 0 Å².